The van der Waals surface area contributed by atoms with Gasteiger partial charge in [0.15, 0.2) is 5.16 Å². The van der Waals surface area contributed by atoms with Crippen molar-refractivity contribution in [1.82, 2.24) is 14.9 Å². The Bertz CT molecular complexity index is 355. The van der Waals surface area contributed by atoms with Crippen LogP contribution >= 0.6 is 11.8 Å². The van der Waals surface area contributed by atoms with Gasteiger partial charge in [0.25, 0.3) is 0 Å². The van der Waals surface area contributed by atoms with E-state index in [1.165, 1.54) is 11.8 Å². The van der Waals surface area contributed by atoms with Crippen LogP contribution in [-0.4, -0.2) is 68.6 Å². The van der Waals surface area contributed by atoms with Crippen molar-refractivity contribution in [2.24, 2.45) is 0 Å². The largest absolute Gasteiger partial charge is 0.383 e. The summed E-state index contributed by atoms with van der Waals surface area (Å²) < 4.78 is 5.04. The second-order valence-electron chi connectivity index (χ2n) is 4.10. The Labute approximate surface area is 119 Å². The Hall–Kier alpha value is -1.05. The third-order valence-electron chi connectivity index (χ3n) is 2.62. The number of ether oxygens (including phenoxy) is 1. The lowest BCUT2D eigenvalue weighted by atomic mass is 10.4. The van der Waals surface area contributed by atoms with Crippen molar-refractivity contribution >= 4 is 23.4 Å². The van der Waals surface area contributed by atoms with Gasteiger partial charge >= 0.3 is 0 Å². The normalized spacial score (nSPS) is 10.8. The third-order valence-corrected chi connectivity index (χ3v) is 3.17. The van der Waals surface area contributed by atoms with Crippen LogP contribution < -0.4 is 10.6 Å². The molecule has 7 heteroatoms. The maximum atomic E-state index is 5.04. The number of aromatic nitrogens is 2. The molecule has 0 aliphatic heterocycles. The van der Waals surface area contributed by atoms with E-state index in [0.29, 0.717) is 0 Å². The minimum absolute atomic E-state index is 0.754. The highest BCUT2D eigenvalue weighted by molar-refractivity contribution is 7.98. The van der Waals surface area contributed by atoms with Crippen LogP contribution in [0.5, 0.6) is 0 Å². The summed E-state index contributed by atoms with van der Waals surface area (Å²) >= 11 is 1.53. The quantitative estimate of drug-likeness (QED) is 0.522. The van der Waals surface area contributed by atoms with Crippen molar-refractivity contribution in [3.05, 3.63) is 6.07 Å². The number of rotatable bonds is 9. The highest BCUT2D eigenvalue weighted by atomic mass is 32.2. The van der Waals surface area contributed by atoms with E-state index in [0.717, 1.165) is 43.0 Å². The summed E-state index contributed by atoms with van der Waals surface area (Å²) in [6, 6.07) is 1.91. The smallest absolute Gasteiger partial charge is 0.191 e. The Kier molecular flexibility index (Phi) is 7.54. The fraction of sp³-hybridized carbons (Fsp3) is 0.667. The van der Waals surface area contributed by atoms with Crippen LogP contribution in [0.25, 0.3) is 0 Å². The molecule has 1 rings (SSSR count). The summed E-state index contributed by atoms with van der Waals surface area (Å²) in [5, 5.41) is 7.12. The highest BCUT2D eigenvalue weighted by Crippen LogP contribution is 2.16. The van der Waals surface area contributed by atoms with Gasteiger partial charge in [-0.1, -0.05) is 11.8 Å². The zero-order valence-corrected chi connectivity index (χ0v) is 12.9. The number of hydrogen-bond acceptors (Lipinski definition) is 7. The molecule has 0 bridgehead atoms. The van der Waals surface area contributed by atoms with Crippen molar-refractivity contribution in [2.45, 2.75) is 5.16 Å². The lowest BCUT2D eigenvalue weighted by Crippen LogP contribution is -2.28. The molecule has 1 aromatic rings. The maximum Gasteiger partial charge on any atom is 0.191 e. The van der Waals surface area contributed by atoms with Crippen LogP contribution in [0.1, 0.15) is 0 Å². The SMILES string of the molecule is CNc1cc(NCCN(C)CCOC)nc(SC)n1. The molecular formula is C12H23N5OS. The monoisotopic (exact) mass is 285 g/mol. The van der Waals surface area contributed by atoms with Crippen LogP contribution in [0.3, 0.4) is 0 Å². The second-order valence-corrected chi connectivity index (χ2v) is 4.87. The number of nitrogens with one attached hydrogen (secondary N) is 2. The van der Waals surface area contributed by atoms with Gasteiger partial charge in [0, 0.05) is 39.9 Å². The predicted molar refractivity (Wildman–Crippen MR) is 81.2 cm³/mol. The van der Waals surface area contributed by atoms with Gasteiger partial charge in [-0.2, -0.15) is 0 Å². The highest BCUT2D eigenvalue weighted by Gasteiger charge is 2.03. The van der Waals surface area contributed by atoms with Crippen LogP contribution in [0.2, 0.25) is 0 Å². The first-order valence-corrected chi connectivity index (χ1v) is 7.44. The van der Waals surface area contributed by atoms with E-state index in [-0.39, 0.29) is 0 Å². The first-order valence-electron chi connectivity index (χ1n) is 6.21. The molecule has 0 radical (unpaired) electrons. The van der Waals surface area contributed by atoms with Crippen LogP contribution in [0, 0.1) is 0 Å². The van der Waals surface area contributed by atoms with Gasteiger partial charge in [-0.3, -0.25) is 0 Å². The summed E-state index contributed by atoms with van der Waals surface area (Å²) in [5.41, 5.74) is 0. The van der Waals surface area contributed by atoms with Gasteiger partial charge in [0.05, 0.1) is 6.61 Å². The molecule has 19 heavy (non-hydrogen) atoms. The molecule has 0 fully saturated rings. The second kappa shape index (κ2) is 8.95. The van der Waals surface area contributed by atoms with Crippen molar-refractivity contribution in [2.75, 3.05) is 64.3 Å². The van der Waals surface area contributed by atoms with Crippen molar-refractivity contribution in [3.63, 3.8) is 0 Å². The molecule has 1 aromatic heterocycles. The summed E-state index contributed by atoms with van der Waals surface area (Å²) in [4.78, 5) is 11.0. The van der Waals surface area contributed by atoms with E-state index in [2.05, 4.69) is 32.5 Å². The van der Waals surface area contributed by atoms with Crippen LogP contribution in [0.4, 0.5) is 11.6 Å². The average molecular weight is 285 g/mol. The van der Waals surface area contributed by atoms with Gasteiger partial charge in [-0.15, -0.1) is 0 Å². The number of likely N-dealkylation sites (N-methyl/N-ethyl adjacent to an activating group) is 1. The van der Waals surface area contributed by atoms with E-state index >= 15 is 0 Å². The Morgan fingerprint density at radius 3 is 2.68 bits per heavy atom. The van der Waals surface area contributed by atoms with Gasteiger partial charge in [-0.25, -0.2) is 9.97 Å². The molecular weight excluding hydrogens is 262 g/mol. The molecule has 0 atom stereocenters. The molecule has 6 nitrogen and oxygen atoms in total. The average Bonchev–Trinajstić information content (AvgIpc) is 2.44. The zero-order chi connectivity index (χ0) is 14.1. The maximum absolute atomic E-state index is 5.04. The molecule has 0 unspecified atom stereocenters. The summed E-state index contributed by atoms with van der Waals surface area (Å²) in [5.74, 6) is 1.68. The molecule has 1 heterocycles. The third kappa shape index (κ3) is 6.09. The fourth-order valence-electron chi connectivity index (χ4n) is 1.47. The first-order chi connectivity index (χ1) is 9.19. The van der Waals surface area contributed by atoms with Crippen molar-refractivity contribution in [3.8, 4) is 0 Å². The molecule has 0 amide bonds. The first kappa shape index (κ1) is 16.0. The molecule has 0 aromatic carbocycles. The van der Waals surface area contributed by atoms with Gasteiger partial charge in [0.2, 0.25) is 0 Å². The van der Waals surface area contributed by atoms with Gasteiger partial charge in [0.1, 0.15) is 11.6 Å². The van der Waals surface area contributed by atoms with E-state index in [1.807, 2.05) is 19.4 Å². The number of hydrogen-bond donors (Lipinski definition) is 2. The number of anilines is 2. The number of methoxy groups -OCH3 is 1. The van der Waals surface area contributed by atoms with Gasteiger partial charge < -0.3 is 20.3 Å². The Balaban J connectivity index is 2.44. The molecule has 0 aliphatic carbocycles. The molecule has 0 spiro atoms. The lowest BCUT2D eigenvalue weighted by molar-refractivity contribution is 0.163. The van der Waals surface area contributed by atoms with Crippen LogP contribution in [-0.2, 0) is 4.74 Å². The standard InChI is InChI=1S/C12H23N5OS/c1-13-10-9-11(16-12(15-10)19-4)14-5-6-17(2)7-8-18-3/h9H,5-8H2,1-4H3,(H2,13,14,15,16). The summed E-state index contributed by atoms with van der Waals surface area (Å²) in [6.07, 6.45) is 1.97. The Morgan fingerprint density at radius 2 is 2.05 bits per heavy atom. The molecule has 0 saturated heterocycles. The minimum atomic E-state index is 0.754. The Morgan fingerprint density at radius 1 is 1.32 bits per heavy atom. The summed E-state index contributed by atoms with van der Waals surface area (Å²) in [6.45, 7) is 3.47. The van der Waals surface area contributed by atoms with Crippen LogP contribution in [0.15, 0.2) is 11.2 Å². The van der Waals surface area contributed by atoms with E-state index in [9.17, 15) is 0 Å². The summed E-state index contributed by atoms with van der Waals surface area (Å²) in [7, 11) is 5.65. The molecule has 0 aliphatic rings. The number of nitrogens with zero attached hydrogens (tertiary/aromatic N) is 3. The predicted octanol–water partition coefficient (Wildman–Crippen LogP) is 1.23. The lowest BCUT2D eigenvalue weighted by Gasteiger charge is -2.16. The van der Waals surface area contributed by atoms with Crippen molar-refractivity contribution in [1.29, 1.82) is 0 Å². The number of thioether (sulfide) groups is 1. The fourth-order valence-corrected chi connectivity index (χ4v) is 1.85. The molecule has 0 saturated carbocycles. The minimum Gasteiger partial charge on any atom is -0.383 e. The topological polar surface area (TPSA) is 62.3 Å². The zero-order valence-electron chi connectivity index (χ0n) is 12.1. The van der Waals surface area contributed by atoms with E-state index < -0.39 is 0 Å². The van der Waals surface area contributed by atoms with E-state index in [4.69, 9.17) is 4.74 Å². The van der Waals surface area contributed by atoms with E-state index in [1.54, 1.807) is 7.11 Å². The molecule has 2 N–H and O–H groups in total. The molecule has 108 valence electrons. The van der Waals surface area contributed by atoms with Crippen molar-refractivity contribution < 1.29 is 4.74 Å². The van der Waals surface area contributed by atoms with Gasteiger partial charge in [-0.05, 0) is 13.3 Å².